The van der Waals surface area contributed by atoms with Crippen LogP contribution in [0.4, 0.5) is 5.69 Å². The second-order valence-corrected chi connectivity index (χ2v) is 8.25. The van der Waals surface area contributed by atoms with Crippen LogP contribution in [0, 0.1) is 26.7 Å². The van der Waals surface area contributed by atoms with E-state index in [4.69, 9.17) is 4.52 Å². The zero-order valence-electron chi connectivity index (χ0n) is 18.7. The Morgan fingerprint density at radius 3 is 2.47 bits per heavy atom. The zero-order chi connectivity index (χ0) is 22.7. The average molecular weight is 433 g/mol. The molecule has 0 bridgehead atoms. The van der Waals surface area contributed by atoms with Crippen LogP contribution in [-0.4, -0.2) is 39.5 Å². The second-order valence-electron chi connectivity index (χ2n) is 8.25. The summed E-state index contributed by atoms with van der Waals surface area (Å²) in [5.41, 5.74) is 3.79. The van der Waals surface area contributed by atoms with Crippen LogP contribution < -0.4 is 5.32 Å². The van der Waals surface area contributed by atoms with Crippen molar-refractivity contribution in [3.63, 3.8) is 0 Å². The summed E-state index contributed by atoms with van der Waals surface area (Å²) in [5, 5.41) is 7.05. The molecule has 0 atom stereocenters. The number of rotatable bonds is 5. The minimum absolute atomic E-state index is 0.0226. The Morgan fingerprint density at radius 1 is 1.09 bits per heavy atom. The number of aryl methyl sites for hydroxylation is 2. The van der Waals surface area contributed by atoms with Gasteiger partial charge in [0.1, 0.15) is 5.76 Å². The number of hydrogen-bond acceptors (Lipinski definition) is 4. The van der Waals surface area contributed by atoms with Crippen LogP contribution in [0.1, 0.15) is 35.6 Å². The SMILES string of the molecule is Cc1cc(-n2c(C)cc(C=CC(=O)N3CCC(C(=O)Nc4ccccc4)CC3)c2C)no1. The van der Waals surface area contributed by atoms with Gasteiger partial charge in [0, 0.05) is 48.2 Å². The van der Waals surface area contributed by atoms with E-state index >= 15 is 0 Å². The summed E-state index contributed by atoms with van der Waals surface area (Å²) in [7, 11) is 0. The van der Waals surface area contributed by atoms with Gasteiger partial charge in [0.15, 0.2) is 5.82 Å². The van der Waals surface area contributed by atoms with Crippen LogP contribution in [0.15, 0.2) is 53.1 Å². The molecule has 166 valence electrons. The van der Waals surface area contributed by atoms with E-state index in [0.29, 0.717) is 25.9 Å². The number of carbonyl (C=O) groups is 2. The molecular formula is C25H28N4O3. The molecule has 1 aliphatic heterocycles. The number of hydrogen-bond donors (Lipinski definition) is 1. The van der Waals surface area contributed by atoms with Gasteiger partial charge >= 0.3 is 0 Å². The number of para-hydroxylation sites is 1. The van der Waals surface area contributed by atoms with E-state index in [9.17, 15) is 9.59 Å². The van der Waals surface area contributed by atoms with Crippen LogP contribution in [0.2, 0.25) is 0 Å². The predicted octanol–water partition coefficient (Wildman–Crippen LogP) is 4.28. The summed E-state index contributed by atoms with van der Waals surface area (Å²) >= 11 is 0. The quantitative estimate of drug-likeness (QED) is 0.610. The van der Waals surface area contributed by atoms with Crippen molar-refractivity contribution in [2.24, 2.45) is 5.92 Å². The van der Waals surface area contributed by atoms with Gasteiger partial charge in [-0.15, -0.1) is 0 Å². The van der Waals surface area contributed by atoms with E-state index in [1.54, 1.807) is 6.08 Å². The van der Waals surface area contributed by atoms with E-state index in [-0.39, 0.29) is 17.7 Å². The number of piperidine rings is 1. The molecule has 0 aliphatic carbocycles. The minimum Gasteiger partial charge on any atom is -0.360 e. The average Bonchev–Trinajstić information content (AvgIpc) is 3.34. The summed E-state index contributed by atoms with van der Waals surface area (Å²) < 4.78 is 7.21. The van der Waals surface area contributed by atoms with Gasteiger partial charge in [-0.3, -0.25) is 14.2 Å². The van der Waals surface area contributed by atoms with E-state index in [2.05, 4.69) is 10.5 Å². The first-order valence-electron chi connectivity index (χ1n) is 10.9. The molecule has 2 aromatic heterocycles. The molecule has 1 saturated heterocycles. The van der Waals surface area contributed by atoms with Crippen molar-refractivity contribution in [3.8, 4) is 5.82 Å². The molecular weight excluding hydrogens is 404 g/mol. The van der Waals surface area contributed by atoms with Gasteiger partial charge in [-0.05, 0) is 63.5 Å². The first kappa shape index (κ1) is 21.6. The Labute approximate surface area is 187 Å². The number of anilines is 1. The molecule has 0 spiro atoms. The van der Waals surface area contributed by atoms with Gasteiger partial charge in [0.25, 0.3) is 0 Å². The fourth-order valence-corrected chi connectivity index (χ4v) is 4.16. The van der Waals surface area contributed by atoms with Crippen LogP contribution in [0.5, 0.6) is 0 Å². The first-order chi connectivity index (χ1) is 15.4. The fraction of sp³-hybridized carbons (Fsp3) is 0.320. The van der Waals surface area contributed by atoms with E-state index in [1.807, 2.05) is 78.8 Å². The number of carbonyl (C=O) groups excluding carboxylic acids is 2. The maximum Gasteiger partial charge on any atom is 0.246 e. The molecule has 1 aliphatic rings. The Bertz CT molecular complexity index is 1140. The van der Waals surface area contributed by atoms with Crippen LogP contribution >= 0.6 is 0 Å². The Morgan fingerprint density at radius 2 is 1.81 bits per heavy atom. The van der Waals surface area contributed by atoms with Crippen molar-refractivity contribution < 1.29 is 14.1 Å². The number of amides is 2. The summed E-state index contributed by atoms with van der Waals surface area (Å²) in [6.45, 7) is 7.01. The molecule has 2 amide bonds. The molecule has 1 fully saturated rings. The Hall–Kier alpha value is -3.61. The topological polar surface area (TPSA) is 80.4 Å². The lowest BCUT2D eigenvalue weighted by Crippen LogP contribution is -2.40. The van der Waals surface area contributed by atoms with Gasteiger partial charge in [-0.2, -0.15) is 0 Å². The second kappa shape index (κ2) is 9.26. The van der Waals surface area contributed by atoms with E-state index in [1.165, 1.54) is 0 Å². The highest BCUT2D eigenvalue weighted by Crippen LogP contribution is 2.23. The third-order valence-electron chi connectivity index (χ3n) is 5.94. The smallest absolute Gasteiger partial charge is 0.246 e. The van der Waals surface area contributed by atoms with Crippen LogP contribution in [-0.2, 0) is 9.59 Å². The lowest BCUT2D eigenvalue weighted by molar-refractivity contribution is -0.130. The van der Waals surface area contributed by atoms with Crippen molar-refractivity contribution in [2.75, 3.05) is 18.4 Å². The van der Waals surface area contributed by atoms with Gasteiger partial charge < -0.3 is 14.7 Å². The highest BCUT2D eigenvalue weighted by atomic mass is 16.5. The van der Waals surface area contributed by atoms with Gasteiger partial charge in [-0.1, -0.05) is 23.4 Å². The van der Waals surface area contributed by atoms with E-state index < -0.39 is 0 Å². The molecule has 1 N–H and O–H groups in total. The monoisotopic (exact) mass is 432 g/mol. The third-order valence-corrected chi connectivity index (χ3v) is 5.94. The molecule has 0 unspecified atom stereocenters. The van der Waals surface area contributed by atoms with Crippen LogP contribution in [0.25, 0.3) is 11.9 Å². The lowest BCUT2D eigenvalue weighted by Gasteiger charge is -2.30. The molecule has 4 rings (SSSR count). The summed E-state index contributed by atoms with van der Waals surface area (Å²) in [6.07, 6.45) is 4.80. The van der Waals surface area contributed by atoms with Gasteiger partial charge in [0.2, 0.25) is 11.8 Å². The van der Waals surface area contributed by atoms with E-state index in [0.717, 1.165) is 34.2 Å². The molecule has 0 radical (unpaired) electrons. The normalized spacial score (nSPS) is 14.8. The number of likely N-dealkylation sites (tertiary alicyclic amines) is 1. The molecule has 32 heavy (non-hydrogen) atoms. The maximum atomic E-state index is 12.7. The van der Waals surface area contributed by atoms with Gasteiger partial charge in [0.05, 0.1) is 0 Å². The summed E-state index contributed by atoms with van der Waals surface area (Å²) in [4.78, 5) is 27.0. The fourth-order valence-electron chi connectivity index (χ4n) is 4.16. The first-order valence-corrected chi connectivity index (χ1v) is 10.9. The number of nitrogens with one attached hydrogen (secondary N) is 1. The molecule has 7 heteroatoms. The molecule has 3 aromatic rings. The summed E-state index contributed by atoms with van der Waals surface area (Å²) in [5.74, 6) is 1.40. The minimum atomic E-state index is -0.0759. The van der Waals surface area contributed by atoms with Crippen molar-refractivity contribution in [3.05, 3.63) is 71.3 Å². The Kier molecular flexibility index (Phi) is 6.25. The highest BCUT2D eigenvalue weighted by molar-refractivity contribution is 5.94. The third kappa shape index (κ3) is 4.66. The highest BCUT2D eigenvalue weighted by Gasteiger charge is 2.26. The number of nitrogens with zero attached hydrogens (tertiary/aromatic N) is 3. The maximum absolute atomic E-state index is 12.7. The Balaban J connectivity index is 1.35. The summed E-state index contributed by atoms with van der Waals surface area (Å²) in [6, 6.07) is 13.4. The molecule has 7 nitrogen and oxygen atoms in total. The molecule has 0 saturated carbocycles. The van der Waals surface area contributed by atoms with Crippen LogP contribution in [0.3, 0.4) is 0 Å². The predicted molar refractivity (Wildman–Crippen MR) is 123 cm³/mol. The molecule has 1 aromatic carbocycles. The number of benzene rings is 1. The van der Waals surface area contributed by atoms with Crippen molar-refractivity contribution in [1.29, 1.82) is 0 Å². The van der Waals surface area contributed by atoms with Crippen molar-refractivity contribution >= 4 is 23.6 Å². The number of aromatic nitrogens is 2. The van der Waals surface area contributed by atoms with Crippen molar-refractivity contribution in [1.82, 2.24) is 14.6 Å². The standard InChI is InChI=1S/C25H28N4O3/c1-17-15-21(19(3)29(17)23-16-18(2)32-27-23)9-10-24(30)28-13-11-20(12-14-28)25(31)26-22-7-5-4-6-8-22/h4-10,15-16,20H,11-14H2,1-3H3,(H,26,31). The molecule has 3 heterocycles. The zero-order valence-corrected chi connectivity index (χ0v) is 18.7. The lowest BCUT2D eigenvalue weighted by atomic mass is 9.95. The van der Waals surface area contributed by atoms with Gasteiger partial charge in [-0.25, -0.2) is 0 Å². The van der Waals surface area contributed by atoms with Crippen molar-refractivity contribution in [2.45, 2.75) is 33.6 Å². The largest absolute Gasteiger partial charge is 0.360 e.